The van der Waals surface area contributed by atoms with Gasteiger partial charge in [-0.2, -0.15) is 4.98 Å². The highest BCUT2D eigenvalue weighted by atomic mass is 32.2. The number of rotatable bonds is 12. The molecular formula is C27H37N7O6S. The van der Waals surface area contributed by atoms with Gasteiger partial charge in [0.2, 0.25) is 16.0 Å². The number of benzene rings is 1. The van der Waals surface area contributed by atoms with Gasteiger partial charge in [-0.1, -0.05) is 12.1 Å². The van der Waals surface area contributed by atoms with Gasteiger partial charge in [0.1, 0.15) is 17.3 Å². The number of carbonyl (C=O) groups is 3. The number of nitrogens with zero attached hydrogens (tertiary/aromatic N) is 6. The number of imide groups is 1. The fourth-order valence-electron chi connectivity index (χ4n) is 5.18. The van der Waals surface area contributed by atoms with Crippen molar-refractivity contribution in [2.45, 2.75) is 64.6 Å². The molecule has 1 aromatic carbocycles. The van der Waals surface area contributed by atoms with E-state index in [-0.39, 0.29) is 29.9 Å². The number of urea groups is 1. The molecular weight excluding hydrogens is 550 g/mol. The monoisotopic (exact) mass is 587 g/mol. The van der Waals surface area contributed by atoms with Crippen molar-refractivity contribution < 1.29 is 27.9 Å². The van der Waals surface area contributed by atoms with Crippen LogP contribution in [0.4, 0.5) is 27.9 Å². The topological polar surface area (TPSA) is 156 Å². The fourth-order valence-corrected chi connectivity index (χ4v) is 6.44. The third-order valence-corrected chi connectivity index (χ3v) is 8.89. The van der Waals surface area contributed by atoms with Gasteiger partial charge in [-0.3, -0.25) is 9.10 Å². The molecule has 1 spiro atoms. The molecule has 2 aliphatic rings. The Morgan fingerprint density at radius 2 is 1.76 bits per heavy atom. The number of likely N-dealkylation sites (N-methyl/N-ethyl adjacent to an activating group) is 1. The van der Waals surface area contributed by atoms with Crippen LogP contribution in [0.15, 0.2) is 30.5 Å². The van der Waals surface area contributed by atoms with Crippen LogP contribution in [0.5, 0.6) is 0 Å². The lowest BCUT2D eigenvalue weighted by molar-refractivity contribution is -0.137. The molecule has 4 rings (SSSR count). The lowest BCUT2D eigenvalue weighted by Gasteiger charge is -2.29. The van der Waals surface area contributed by atoms with Crippen LogP contribution in [0.25, 0.3) is 0 Å². The highest BCUT2D eigenvalue weighted by molar-refractivity contribution is 7.92. The number of anilines is 4. The Balaban J connectivity index is 1.63. The zero-order valence-corrected chi connectivity index (χ0v) is 25.0. The van der Waals surface area contributed by atoms with E-state index in [0.29, 0.717) is 43.1 Å². The Labute approximate surface area is 240 Å². The molecule has 41 heavy (non-hydrogen) atoms. The van der Waals surface area contributed by atoms with Gasteiger partial charge in [-0.25, -0.2) is 27.9 Å². The first-order valence-corrected chi connectivity index (χ1v) is 15.4. The Morgan fingerprint density at radius 3 is 2.22 bits per heavy atom. The van der Waals surface area contributed by atoms with Crippen molar-refractivity contribution in [1.29, 1.82) is 0 Å². The Bertz CT molecular complexity index is 1440. The maximum atomic E-state index is 12.9. The summed E-state index contributed by atoms with van der Waals surface area (Å²) in [4.78, 5) is 51.5. The van der Waals surface area contributed by atoms with Gasteiger partial charge in [-0.15, -0.1) is 0 Å². The molecule has 2 N–H and O–H groups in total. The molecule has 14 heteroatoms. The van der Waals surface area contributed by atoms with Crippen LogP contribution in [-0.4, -0.2) is 90.3 Å². The van der Waals surface area contributed by atoms with Gasteiger partial charge in [0.25, 0.3) is 5.91 Å². The van der Waals surface area contributed by atoms with Crippen molar-refractivity contribution in [2.24, 2.45) is 0 Å². The largest absolute Gasteiger partial charge is 0.480 e. The summed E-state index contributed by atoms with van der Waals surface area (Å²) in [6, 6.07) is 4.55. The van der Waals surface area contributed by atoms with Crippen LogP contribution < -0.4 is 19.4 Å². The van der Waals surface area contributed by atoms with Gasteiger partial charge < -0.3 is 20.2 Å². The molecule has 2 heterocycles. The van der Waals surface area contributed by atoms with Gasteiger partial charge in [0.05, 0.1) is 18.1 Å². The molecule has 1 aliphatic carbocycles. The third-order valence-electron chi connectivity index (χ3n) is 7.56. The first kappa shape index (κ1) is 30.0. The number of aliphatic carboxylic acids is 1. The van der Waals surface area contributed by atoms with Crippen molar-refractivity contribution in [3.05, 3.63) is 36.0 Å². The normalized spacial score (nSPS) is 16.9. The molecule has 1 aliphatic heterocycles. The second-order valence-electron chi connectivity index (χ2n) is 10.6. The number of carbonyl (C=O) groups excluding carboxylic acids is 2. The SMILES string of the molecule is CCN(CC)c1ncc(N(C(C)C)S(C)(=O)=O)c(N[C@@H](Cc2ccc(N3C(=O)N(C)C4(CC4)C3=O)cc2)C(=O)O)n1. The average Bonchev–Trinajstić information content (AvgIpc) is 3.69. The number of sulfonamides is 1. The van der Waals surface area contributed by atoms with E-state index in [1.54, 1.807) is 45.2 Å². The van der Waals surface area contributed by atoms with Crippen LogP contribution in [0.3, 0.4) is 0 Å². The average molecular weight is 588 g/mol. The van der Waals surface area contributed by atoms with Crippen LogP contribution in [0.2, 0.25) is 0 Å². The zero-order valence-electron chi connectivity index (χ0n) is 24.2. The number of amides is 3. The van der Waals surface area contributed by atoms with Crippen molar-refractivity contribution >= 4 is 51.1 Å². The van der Waals surface area contributed by atoms with Crippen LogP contribution in [-0.2, 0) is 26.0 Å². The smallest absolute Gasteiger partial charge is 0.332 e. The Morgan fingerprint density at radius 1 is 1.15 bits per heavy atom. The minimum absolute atomic E-state index is 0.0198. The maximum Gasteiger partial charge on any atom is 0.332 e. The van der Waals surface area contributed by atoms with Gasteiger partial charge in [-0.05, 0) is 58.2 Å². The van der Waals surface area contributed by atoms with Crippen molar-refractivity contribution in [3.8, 4) is 0 Å². The van der Waals surface area contributed by atoms with Gasteiger partial charge in [0.15, 0.2) is 5.82 Å². The summed E-state index contributed by atoms with van der Waals surface area (Å²) in [5, 5.41) is 13.1. The number of carboxylic acid groups (broad SMARTS) is 1. The number of nitrogens with one attached hydrogen (secondary N) is 1. The summed E-state index contributed by atoms with van der Waals surface area (Å²) in [5.41, 5.74) is 0.458. The van der Waals surface area contributed by atoms with Crippen molar-refractivity contribution in [1.82, 2.24) is 14.9 Å². The molecule has 222 valence electrons. The Hall–Kier alpha value is -3.94. The zero-order chi connectivity index (χ0) is 30.3. The van der Waals surface area contributed by atoms with E-state index in [2.05, 4.69) is 15.3 Å². The second-order valence-corrected chi connectivity index (χ2v) is 12.5. The lowest BCUT2D eigenvalue weighted by Crippen LogP contribution is -2.39. The molecule has 2 aromatic rings. The second kappa shape index (κ2) is 11.1. The summed E-state index contributed by atoms with van der Waals surface area (Å²) in [5.74, 6) is -0.995. The van der Waals surface area contributed by atoms with Crippen molar-refractivity contribution in [2.75, 3.05) is 45.8 Å². The summed E-state index contributed by atoms with van der Waals surface area (Å²) >= 11 is 0. The van der Waals surface area contributed by atoms with E-state index >= 15 is 0 Å². The molecule has 1 aromatic heterocycles. The van der Waals surface area contributed by atoms with Crippen LogP contribution in [0.1, 0.15) is 46.1 Å². The quantitative estimate of drug-likeness (QED) is 0.354. The van der Waals surface area contributed by atoms with E-state index in [4.69, 9.17) is 0 Å². The van der Waals surface area contributed by atoms with Gasteiger partial charge >= 0.3 is 12.0 Å². The minimum Gasteiger partial charge on any atom is -0.480 e. The molecule has 3 amide bonds. The standard InChI is InChI=1S/C27H37N7O6S/c1-7-32(8-2)25-28-16-21(34(17(3)4)41(6,39)40)22(30-25)29-20(23(35)36)15-18-9-11-19(12-10-18)33-24(37)27(13-14-27)31(5)26(33)38/h9-12,16-17,20H,7-8,13-15H2,1-6H3,(H,35,36)(H,28,29,30)/t20-/m0/s1. The Kier molecular flexibility index (Phi) is 8.16. The first-order valence-electron chi connectivity index (χ1n) is 13.6. The molecule has 2 fully saturated rings. The molecule has 1 atom stereocenters. The number of hydrogen-bond donors (Lipinski definition) is 2. The third kappa shape index (κ3) is 5.65. The predicted molar refractivity (Wildman–Crippen MR) is 156 cm³/mol. The number of carboxylic acids is 1. The molecule has 1 saturated heterocycles. The van der Waals surface area contributed by atoms with Crippen molar-refractivity contribution in [3.63, 3.8) is 0 Å². The van der Waals surface area contributed by atoms with Crippen LogP contribution >= 0.6 is 0 Å². The molecule has 13 nitrogen and oxygen atoms in total. The maximum absolute atomic E-state index is 12.9. The van der Waals surface area contributed by atoms with E-state index in [1.807, 2.05) is 18.7 Å². The van der Waals surface area contributed by atoms with Crippen LogP contribution in [0, 0.1) is 0 Å². The van der Waals surface area contributed by atoms with E-state index in [9.17, 15) is 27.9 Å². The lowest BCUT2D eigenvalue weighted by atomic mass is 10.0. The van der Waals surface area contributed by atoms with E-state index < -0.39 is 33.6 Å². The highest BCUT2D eigenvalue weighted by Gasteiger charge is 2.63. The van der Waals surface area contributed by atoms with E-state index in [1.165, 1.54) is 11.1 Å². The fraction of sp³-hybridized carbons (Fsp3) is 0.519. The summed E-state index contributed by atoms with van der Waals surface area (Å²) < 4.78 is 26.5. The highest BCUT2D eigenvalue weighted by Crippen LogP contribution is 2.48. The van der Waals surface area contributed by atoms with E-state index in [0.717, 1.165) is 15.5 Å². The summed E-state index contributed by atoms with van der Waals surface area (Å²) in [7, 11) is -2.11. The number of hydrogen-bond acceptors (Lipinski definition) is 9. The first-order chi connectivity index (χ1) is 19.2. The summed E-state index contributed by atoms with van der Waals surface area (Å²) in [6.07, 6.45) is 3.77. The molecule has 0 unspecified atom stereocenters. The molecule has 1 saturated carbocycles. The van der Waals surface area contributed by atoms with Gasteiger partial charge in [0, 0.05) is 32.6 Å². The molecule has 0 radical (unpaired) electrons. The number of aromatic nitrogens is 2. The molecule has 0 bridgehead atoms. The summed E-state index contributed by atoms with van der Waals surface area (Å²) in [6.45, 7) is 8.47. The minimum atomic E-state index is -3.74. The predicted octanol–water partition coefficient (Wildman–Crippen LogP) is 2.54.